The molecule has 0 heterocycles. The molecule has 3 fully saturated rings. The normalized spacial score (nSPS) is 43.2. The molecule has 4 aliphatic rings. The number of carbonyl (C=O) groups is 4. The van der Waals surface area contributed by atoms with Gasteiger partial charge >= 0.3 is 11.9 Å². The van der Waals surface area contributed by atoms with Gasteiger partial charge < -0.3 is 9.47 Å². The average molecular weight is 402 g/mol. The molecule has 4 aliphatic carbocycles. The van der Waals surface area contributed by atoms with Crippen molar-refractivity contribution < 1.29 is 28.7 Å². The van der Waals surface area contributed by atoms with E-state index in [1.54, 1.807) is 6.08 Å². The fraction of sp³-hybridized carbons (Fsp3) is 0.739. The van der Waals surface area contributed by atoms with Gasteiger partial charge in [-0.2, -0.15) is 0 Å². The van der Waals surface area contributed by atoms with Crippen LogP contribution < -0.4 is 0 Å². The zero-order valence-corrected chi connectivity index (χ0v) is 17.4. The number of hydrogen-bond acceptors (Lipinski definition) is 6. The summed E-state index contributed by atoms with van der Waals surface area (Å²) in [6.07, 6.45) is 7.27. The van der Waals surface area contributed by atoms with Crippen LogP contribution in [0.1, 0.15) is 59.3 Å². The van der Waals surface area contributed by atoms with Crippen molar-refractivity contribution in [3.63, 3.8) is 0 Å². The number of fused-ring (bicyclic) bond motifs is 5. The minimum atomic E-state index is -0.879. The predicted octanol–water partition coefficient (Wildman–Crippen LogP) is 3.03. The molecule has 4 rings (SSSR count). The van der Waals surface area contributed by atoms with E-state index in [1.165, 1.54) is 13.8 Å². The summed E-state index contributed by atoms with van der Waals surface area (Å²) in [5.74, 6) is -0.384. The molecule has 0 spiro atoms. The maximum atomic E-state index is 13.4. The van der Waals surface area contributed by atoms with Crippen molar-refractivity contribution >= 4 is 23.5 Å². The average Bonchev–Trinajstić information content (AvgIpc) is 2.95. The molecule has 29 heavy (non-hydrogen) atoms. The summed E-state index contributed by atoms with van der Waals surface area (Å²) in [5.41, 5.74) is -1.23. The van der Waals surface area contributed by atoms with Gasteiger partial charge in [0.2, 0.25) is 0 Å². The highest BCUT2D eigenvalue weighted by Gasteiger charge is 2.66. The van der Waals surface area contributed by atoms with E-state index in [9.17, 15) is 19.2 Å². The predicted molar refractivity (Wildman–Crippen MR) is 104 cm³/mol. The molecular formula is C23H30O6. The lowest BCUT2D eigenvalue weighted by Crippen LogP contribution is -2.63. The number of carbonyl (C=O) groups excluding carboxylic acids is 4. The Balaban J connectivity index is 1.80. The van der Waals surface area contributed by atoms with Crippen molar-refractivity contribution in [1.29, 1.82) is 0 Å². The highest BCUT2D eigenvalue weighted by molar-refractivity contribution is 5.97. The molecule has 0 bridgehead atoms. The molecule has 0 aliphatic heterocycles. The molecule has 7 atom stereocenters. The van der Waals surface area contributed by atoms with Crippen molar-refractivity contribution in [3.05, 3.63) is 12.2 Å². The number of ketones is 2. The molecule has 6 nitrogen and oxygen atoms in total. The van der Waals surface area contributed by atoms with Crippen molar-refractivity contribution in [2.24, 2.45) is 34.5 Å². The van der Waals surface area contributed by atoms with E-state index in [0.29, 0.717) is 25.0 Å². The Bertz CT molecular complexity index is 784. The van der Waals surface area contributed by atoms with Crippen LogP contribution in [0.3, 0.4) is 0 Å². The van der Waals surface area contributed by atoms with Crippen molar-refractivity contribution in [2.45, 2.75) is 65.4 Å². The number of allylic oxidation sites excluding steroid dienone is 2. The van der Waals surface area contributed by atoms with Crippen LogP contribution in [0.15, 0.2) is 12.2 Å². The molecule has 0 unspecified atom stereocenters. The van der Waals surface area contributed by atoms with E-state index >= 15 is 0 Å². The SMILES string of the molecule is CC(=O)OC[C@]12C(=O)C=CC[C@@H]1[C@@H](OC(C)=O)C[C@@H]1[C@@H]2CC[C@]2(C)C(=O)CC[C@@H]12. The largest absolute Gasteiger partial charge is 0.465 e. The Labute approximate surface area is 171 Å². The van der Waals surface area contributed by atoms with E-state index in [4.69, 9.17) is 9.47 Å². The summed E-state index contributed by atoms with van der Waals surface area (Å²) in [6, 6.07) is 0. The quantitative estimate of drug-likeness (QED) is 0.675. The van der Waals surface area contributed by atoms with Crippen molar-refractivity contribution in [3.8, 4) is 0 Å². The van der Waals surface area contributed by atoms with E-state index < -0.39 is 17.5 Å². The summed E-state index contributed by atoms with van der Waals surface area (Å²) in [7, 11) is 0. The first kappa shape index (κ1) is 20.3. The zero-order valence-electron chi connectivity index (χ0n) is 17.4. The molecule has 0 N–H and O–H groups in total. The standard InChI is InChI=1S/C23H30O6/c1-13(24)28-12-23-17-9-10-22(3)16(7-8-20(22)26)15(17)11-19(29-14(2)25)18(23)5-4-6-21(23)27/h4,6,15-19H,5,7-12H2,1-3H3/t15-,16-,17-,18+,19-,22-,23+/m0/s1. The Hall–Kier alpha value is -1.98. The van der Waals surface area contributed by atoms with Crippen molar-refractivity contribution in [2.75, 3.05) is 6.61 Å². The second-order valence-electron chi connectivity index (χ2n) is 9.61. The lowest BCUT2D eigenvalue weighted by Gasteiger charge is -2.59. The number of Topliss-reactive ketones (excluding diaryl/α,β-unsaturated/α-hetero) is 1. The minimum Gasteiger partial charge on any atom is -0.465 e. The van der Waals surface area contributed by atoms with Crippen molar-refractivity contribution in [1.82, 2.24) is 0 Å². The highest BCUT2D eigenvalue weighted by atomic mass is 16.5. The molecule has 158 valence electrons. The Kier molecular flexibility index (Phi) is 4.94. The van der Waals surface area contributed by atoms with E-state index in [0.717, 1.165) is 19.3 Å². The molecule has 0 aromatic carbocycles. The summed E-state index contributed by atoms with van der Waals surface area (Å²) in [5, 5.41) is 0. The fourth-order valence-corrected chi connectivity index (χ4v) is 7.12. The second kappa shape index (κ2) is 7.06. The van der Waals surface area contributed by atoms with E-state index in [-0.39, 0.29) is 47.4 Å². The number of ether oxygens (including phenoxy) is 2. The first-order valence-corrected chi connectivity index (χ1v) is 10.7. The van der Waals surface area contributed by atoms with Gasteiger partial charge in [-0.3, -0.25) is 19.2 Å². The minimum absolute atomic E-state index is 0.0203. The van der Waals surface area contributed by atoms with Crippen LogP contribution in [0.5, 0.6) is 0 Å². The first-order valence-electron chi connectivity index (χ1n) is 10.7. The molecule has 6 heteroatoms. The third-order valence-corrected chi connectivity index (χ3v) is 8.37. The van der Waals surface area contributed by atoms with Gasteiger partial charge in [0, 0.05) is 31.6 Å². The molecule has 0 amide bonds. The van der Waals surface area contributed by atoms with Gasteiger partial charge in [0.25, 0.3) is 0 Å². The maximum Gasteiger partial charge on any atom is 0.302 e. The van der Waals surface area contributed by atoms with E-state index in [2.05, 4.69) is 6.92 Å². The number of rotatable bonds is 3. The van der Waals surface area contributed by atoms with Gasteiger partial charge in [0.05, 0.1) is 5.41 Å². The smallest absolute Gasteiger partial charge is 0.302 e. The third-order valence-electron chi connectivity index (χ3n) is 8.37. The van der Waals surface area contributed by atoms with Crippen LogP contribution in [0, 0.1) is 34.5 Å². The van der Waals surface area contributed by atoms with Crippen LogP contribution in [0.2, 0.25) is 0 Å². The first-order chi connectivity index (χ1) is 13.7. The number of hydrogen-bond donors (Lipinski definition) is 0. The van der Waals surface area contributed by atoms with Gasteiger partial charge in [-0.05, 0) is 55.9 Å². The highest BCUT2D eigenvalue weighted by Crippen LogP contribution is 2.64. The molecule has 0 radical (unpaired) electrons. The molecule has 0 aromatic rings. The van der Waals surface area contributed by atoms with Crippen LogP contribution in [-0.4, -0.2) is 36.2 Å². The van der Waals surface area contributed by atoms with Crippen LogP contribution in [0.25, 0.3) is 0 Å². The van der Waals surface area contributed by atoms with Gasteiger partial charge in [-0.15, -0.1) is 0 Å². The van der Waals surface area contributed by atoms with Crippen LogP contribution in [-0.2, 0) is 28.7 Å². The van der Waals surface area contributed by atoms with Gasteiger partial charge in [0.15, 0.2) is 5.78 Å². The second-order valence-corrected chi connectivity index (χ2v) is 9.61. The summed E-state index contributed by atoms with van der Waals surface area (Å²) >= 11 is 0. The van der Waals surface area contributed by atoms with Gasteiger partial charge in [-0.1, -0.05) is 13.0 Å². The molecular weight excluding hydrogens is 372 g/mol. The topological polar surface area (TPSA) is 86.7 Å². The molecule has 3 saturated carbocycles. The number of esters is 2. The molecule has 0 aromatic heterocycles. The summed E-state index contributed by atoms with van der Waals surface area (Å²) in [6.45, 7) is 4.83. The lowest BCUT2D eigenvalue weighted by atomic mass is 9.44. The zero-order chi connectivity index (χ0) is 21.0. The third kappa shape index (κ3) is 2.98. The van der Waals surface area contributed by atoms with Crippen LogP contribution >= 0.6 is 0 Å². The lowest BCUT2D eigenvalue weighted by molar-refractivity contribution is -0.195. The summed E-state index contributed by atoms with van der Waals surface area (Å²) in [4.78, 5) is 49.6. The van der Waals surface area contributed by atoms with Gasteiger partial charge in [-0.25, -0.2) is 0 Å². The van der Waals surface area contributed by atoms with Gasteiger partial charge in [0.1, 0.15) is 18.5 Å². The Morgan fingerprint density at radius 2 is 1.86 bits per heavy atom. The molecule has 0 saturated heterocycles. The Morgan fingerprint density at radius 1 is 1.10 bits per heavy atom. The fourth-order valence-electron chi connectivity index (χ4n) is 7.12. The maximum absolute atomic E-state index is 13.4. The Morgan fingerprint density at radius 3 is 2.55 bits per heavy atom. The van der Waals surface area contributed by atoms with E-state index in [1.807, 2.05) is 6.08 Å². The monoisotopic (exact) mass is 402 g/mol. The van der Waals surface area contributed by atoms with Crippen LogP contribution in [0.4, 0.5) is 0 Å². The summed E-state index contributed by atoms with van der Waals surface area (Å²) < 4.78 is 11.2.